The van der Waals surface area contributed by atoms with Crippen LogP contribution in [-0.2, 0) is 0 Å². The third-order valence-electron chi connectivity index (χ3n) is 4.89. The first-order valence-corrected chi connectivity index (χ1v) is 9.79. The molecule has 32 heavy (non-hydrogen) atoms. The maximum atomic E-state index is 14.1. The molecule has 0 radical (unpaired) electrons. The Bertz CT molecular complexity index is 1040. The van der Waals surface area contributed by atoms with Crippen LogP contribution in [0.1, 0.15) is 42.4 Å². The summed E-state index contributed by atoms with van der Waals surface area (Å²) in [6, 6.07) is 3.04. The van der Waals surface area contributed by atoms with Crippen molar-refractivity contribution in [2.24, 2.45) is 5.92 Å². The molecule has 1 aliphatic heterocycles. The van der Waals surface area contributed by atoms with Crippen molar-refractivity contribution in [2.45, 2.75) is 38.8 Å². The standard InChI is InChI=1S/C20H21F5N4O3/c1-10(2)17(11-3-4-15(13(22)7-11)32-20(23,24)25)28-18(31)14-8-16(30)27-19(26-14)29-6-5-12(21)9-29/h3-4,7-8,10,12,17H,5-6,9H2,1-2H3,(H,28,31)(H,26,27,30)/t12-,17?/m1/s1. The van der Waals surface area contributed by atoms with Crippen molar-refractivity contribution in [1.82, 2.24) is 15.3 Å². The fourth-order valence-electron chi connectivity index (χ4n) is 3.39. The van der Waals surface area contributed by atoms with Gasteiger partial charge in [0, 0.05) is 12.6 Å². The molecule has 1 unspecified atom stereocenters. The summed E-state index contributed by atoms with van der Waals surface area (Å²) < 4.78 is 68.3. The summed E-state index contributed by atoms with van der Waals surface area (Å²) in [4.78, 5) is 32.8. The number of ether oxygens (including phenoxy) is 1. The van der Waals surface area contributed by atoms with Gasteiger partial charge in [-0.2, -0.15) is 0 Å². The molecular weight excluding hydrogens is 439 g/mol. The number of hydrogen-bond acceptors (Lipinski definition) is 5. The maximum absolute atomic E-state index is 14.1. The Kier molecular flexibility index (Phi) is 6.70. The molecule has 2 heterocycles. The van der Waals surface area contributed by atoms with Gasteiger partial charge in [-0.15, -0.1) is 13.2 Å². The lowest BCUT2D eigenvalue weighted by Crippen LogP contribution is -2.34. The van der Waals surface area contributed by atoms with E-state index in [0.717, 1.165) is 18.2 Å². The van der Waals surface area contributed by atoms with E-state index >= 15 is 0 Å². The maximum Gasteiger partial charge on any atom is 0.573 e. The van der Waals surface area contributed by atoms with E-state index < -0.39 is 41.6 Å². The zero-order valence-corrected chi connectivity index (χ0v) is 17.2. The van der Waals surface area contributed by atoms with Crippen LogP contribution in [0, 0.1) is 11.7 Å². The van der Waals surface area contributed by atoms with Gasteiger partial charge in [0.15, 0.2) is 11.6 Å². The average Bonchev–Trinajstić information content (AvgIpc) is 3.12. The summed E-state index contributed by atoms with van der Waals surface area (Å²) in [5.41, 5.74) is -0.636. The van der Waals surface area contributed by atoms with Gasteiger partial charge in [0.2, 0.25) is 5.95 Å². The minimum atomic E-state index is -5.05. The Balaban J connectivity index is 1.82. The van der Waals surface area contributed by atoms with Gasteiger partial charge in [0.05, 0.1) is 12.6 Å². The number of amides is 1. The van der Waals surface area contributed by atoms with Gasteiger partial charge in [0.1, 0.15) is 11.9 Å². The number of nitrogens with one attached hydrogen (secondary N) is 2. The second-order valence-corrected chi connectivity index (χ2v) is 7.72. The molecule has 0 aliphatic carbocycles. The van der Waals surface area contributed by atoms with Crippen LogP contribution in [0.2, 0.25) is 0 Å². The van der Waals surface area contributed by atoms with E-state index in [9.17, 15) is 31.5 Å². The lowest BCUT2D eigenvalue weighted by Gasteiger charge is -2.23. The predicted molar refractivity (Wildman–Crippen MR) is 105 cm³/mol. The van der Waals surface area contributed by atoms with Crippen molar-refractivity contribution in [3.8, 4) is 5.75 Å². The van der Waals surface area contributed by atoms with E-state index in [-0.39, 0.29) is 36.1 Å². The van der Waals surface area contributed by atoms with Gasteiger partial charge in [-0.1, -0.05) is 19.9 Å². The summed E-state index contributed by atoms with van der Waals surface area (Å²) >= 11 is 0. The van der Waals surface area contributed by atoms with Crippen molar-refractivity contribution in [1.29, 1.82) is 0 Å². The third-order valence-corrected chi connectivity index (χ3v) is 4.89. The fraction of sp³-hybridized carbons (Fsp3) is 0.450. The van der Waals surface area contributed by atoms with E-state index in [1.807, 2.05) is 0 Å². The van der Waals surface area contributed by atoms with Crippen molar-refractivity contribution < 1.29 is 31.5 Å². The van der Waals surface area contributed by atoms with E-state index in [2.05, 4.69) is 20.0 Å². The normalized spacial score (nSPS) is 17.5. The van der Waals surface area contributed by atoms with Crippen LogP contribution in [0.5, 0.6) is 5.75 Å². The molecule has 7 nitrogen and oxygen atoms in total. The lowest BCUT2D eigenvalue weighted by molar-refractivity contribution is -0.275. The van der Waals surface area contributed by atoms with Crippen LogP contribution in [0.25, 0.3) is 0 Å². The Hall–Kier alpha value is -3.18. The van der Waals surface area contributed by atoms with Crippen LogP contribution in [-0.4, -0.2) is 41.5 Å². The first kappa shape index (κ1) is 23.5. The van der Waals surface area contributed by atoms with Gasteiger partial charge in [-0.05, 0) is 30.0 Å². The van der Waals surface area contributed by atoms with Gasteiger partial charge in [0.25, 0.3) is 11.5 Å². The minimum Gasteiger partial charge on any atom is -0.403 e. The SMILES string of the molecule is CC(C)C(NC(=O)c1cc(=O)[nH]c(N2CC[C@@H](F)C2)n1)c1ccc(OC(F)(F)F)c(F)c1. The van der Waals surface area contributed by atoms with Crippen LogP contribution in [0.15, 0.2) is 29.1 Å². The van der Waals surface area contributed by atoms with E-state index in [4.69, 9.17) is 0 Å². The second-order valence-electron chi connectivity index (χ2n) is 7.72. The van der Waals surface area contributed by atoms with E-state index in [1.165, 1.54) is 11.0 Å². The number of halogens is 5. The smallest absolute Gasteiger partial charge is 0.403 e. The van der Waals surface area contributed by atoms with Crippen molar-refractivity contribution in [3.63, 3.8) is 0 Å². The van der Waals surface area contributed by atoms with Gasteiger partial charge >= 0.3 is 6.36 Å². The number of hydrogen-bond donors (Lipinski definition) is 2. The number of carbonyl (C=O) groups excluding carboxylic acids is 1. The average molecular weight is 460 g/mol. The molecule has 1 aromatic carbocycles. The zero-order chi connectivity index (χ0) is 23.6. The molecule has 0 bridgehead atoms. The molecule has 12 heteroatoms. The van der Waals surface area contributed by atoms with Crippen LogP contribution in [0.4, 0.5) is 27.9 Å². The molecular formula is C20H21F5N4O3. The molecule has 1 aromatic heterocycles. The quantitative estimate of drug-likeness (QED) is 0.645. The number of carbonyl (C=O) groups is 1. The number of anilines is 1. The molecule has 1 saturated heterocycles. The first-order chi connectivity index (χ1) is 14.9. The number of aromatic nitrogens is 2. The molecule has 2 atom stereocenters. The number of nitrogens with zero attached hydrogens (tertiary/aromatic N) is 2. The zero-order valence-electron chi connectivity index (χ0n) is 17.2. The van der Waals surface area contributed by atoms with E-state index in [1.54, 1.807) is 13.8 Å². The Morgan fingerprint density at radius 3 is 2.59 bits per heavy atom. The molecule has 0 saturated carbocycles. The topological polar surface area (TPSA) is 87.3 Å². The lowest BCUT2D eigenvalue weighted by atomic mass is 9.95. The summed E-state index contributed by atoms with van der Waals surface area (Å²) in [6.07, 6.45) is -5.84. The van der Waals surface area contributed by atoms with Crippen molar-refractivity contribution >= 4 is 11.9 Å². The summed E-state index contributed by atoms with van der Waals surface area (Å²) in [5.74, 6) is -3.22. The highest BCUT2D eigenvalue weighted by Crippen LogP contribution is 2.30. The predicted octanol–water partition coefficient (Wildman–Crippen LogP) is 3.48. The summed E-state index contributed by atoms with van der Waals surface area (Å²) in [5, 5.41) is 2.62. The van der Waals surface area contributed by atoms with E-state index in [0.29, 0.717) is 6.54 Å². The third kappa shape index (κ3) is 5.74. The summed E-state index contributed by atoms with van der Waals surface area (Å²) in [6.45, 7) is 3.79. The van der Waals surface area contributed by atoms with Crippen molar-refractivity contribution in [2.75, 3.05) is 18.0 Å². The minimum absolute atomic E-state index is 0.0360. The molecule has 2 aromatic rings. The molecule has 2 N–H and O–H groups in total. The molecule has 3 rings (SSSR count). The number of benzene rings is 1. The summed E-state index contributed by atoms with van der Waals surface area (Å²) in [7, 11) is 0. The first-order valence-electron chi connectivity index (χ1n) is 9.79. The highest BCUT2D eigenvalue weighted by molar-refractivity contribution is 5.92. The number of rotatable bonds is 6. The largest absolute Gasteiger partial charge is 0.573 e. The second kappa shape index (κ2) is 9.13. The monoisotopic (exact) mass is 460 g/mol. The van der Waals surface area contributed by atoms with Crippen LogP contribution >= 0.6 is 0 Å². The molecule has 0 spiro atoms. The number of aromatic amines is 1. The van der Waals surface area contributed by atoms with Crippen molar-refractivity contribution in [3.05, 3.63) is 51.7 Å². The highest BCUT2D eigenvalue weighted by atomic mass is 19.4. The molecule has 174 valence electrons. The van der Waals surface area contributed by atoms with Gasteiger partial charge < -0.3 is 15.0 Å². The molecule has 1 fully saturated rings. The Labute approximate surface area is 179 Å². The fourth-order valence-corrected chi connectivity index (χ4v) is 3.39. The number of H-pyrrole nitrogens is 1. The van der Waals surface area contributed by atoms with Gasteiger partial charge in [-0.3, -0.25) is 14.6 Å². The molecule has 1 amide bonds. The van der Waals surface area contributed by atoms with Crippen LogP contribution in [0.3, 0.4) is 0 Å². The number of alkyl halides is 4. The Morgan fingerprint density at radius 2 is 2.03 bits per heavy atom. The molecule has 1 aliphatic rings. The van der Waals surface area contributed by atoms with Gasteiger partial charge in [-0.25, -0.2) is 13.8 Å². The highest BCUT2D eigenvalue weighted by Gasteiger charge is 2.33. The Morgan fingerprint density at radius 1 is 1.31 bits per heavy atom. The van der Waals surface area contributed by atoms with Crippen LogP contribution < -0.4 is 20.5 Å².